The number of nitrogen functional groups attached to an aromatic ring is 1. The van der Waals surface area contributed by atoms with Gasteiger partial charge < -0.3 is 10.5 Å². The van der Waals surface area contributed by atoms with Gasteiger partial charge in [-0.05, 0) is 68.0 Å². The first-order chi connectivity index (χ1) is 16.2. The largest absolute Gasteiger partial charge is 0.443 e. The number of anilines is 2. The number of aryl methyl sites for hydroxylation is 1. The van der Waals surface area contributed by atoms with E-state index in [1.165, 1.54) is 0 Å². The molecule has 0 saturated carbocycles. The smallest absolute Gasteiger partial charge is 0.414 e. The van der Waals surface area contributed by atoms with Crippen molar-refractivity contribution in [2.75, 3.05) is 17.2 Å². The predicted molar refractivity (Wildman–Crippen MR) is 129 cm³/mol. The summed E-state index contributed by atoms with van der Waals surface area (Å²) < 4.78 is 7.52. The van der Waals surface area contributed by atoms with Crippen molar-refractivity contribution in [3.05, 3.63) is 58.9 Å². The van der Waals surface area contributed by atoms with E-state index in [1.54, 1.807) is 4.90 Å². The van der Waals surface area contributed by atoms with Gasteiger partial charge in [-0.1, -0.05) is 17.3 Å². The Kier molecular flexibility index (Phi) is 5.43. The first-order valence-electron chi connectivity index (χ1n) is 11.3. The third-order valence-corrected chi connectivity index (χ3v) is 5.71. The second-order valence-electron chi connectivity index (χ2n) is 9.64. The van der Waals surface area contributed by atoms with E-state index in [9.17, 15) is 4.79 Å². The van der Waals surface area contributed by atoms with Crippen molar-refractivity contribution in [1.82, 2.24) is 30.2 Å². The van der Waals surface area contributed by atoms with E-state index in [2.05, 4.69) is 43.7 Å². The highest BCUT2D eigenvalue weighted by Gasteiger charge is 2.27. The Bertz CT molecular complexity index is 1350. The monoisotopic (exact) mass is 460 g/mol. The molecule has 0 aliphatic carbocycles. The van der Waals surface area contributed by atoms with E-state index in [0.717, 1.165) is 40.8 Å². The number of fused-ring (bicyclic) bond motifs is 2. The molecule has 1 amide bonds. The number of hydrogen-bond donors (Lipinski definition) is 2. The van der Waals surface area contributed by atoms with Gasteiger partial charge in [-0.25, -0.2) is 14.9 Å². The number of H-pyrrole nitrogens is 1. The molecule has 0 unspecified atom stereocenters. The third kappa shape index (κ3) is 4.57. The average molecular weight is 461 g/mol. The van der Waals surface area contributed by atoms with Crippen molar-refractivity contribution < 1.29 is 9.53 Å². The van der Waals surface area contributed by atoms with E-state index in [1.807, 2.05) is 43.9 Å². The molecule has 10 heteroatoms. The van der Waals surface area contributed by atoms with Gasteiger partial charge in [-0.3, -0.25) is 9.58 Å². The normalized spacial score (nSPS) is 13.8. The van der Waals surface area contributed by atoms with Crippen molar-refractivity contribution in [2.45, 2.75) is 52.2 Å². The van der Waals surface area contributed by atoms with Crippen LogP contribution in [-0.4, -0.2) is 48.4 Å². The second-order valence-corrected chi connectivity index (χ2v) is 9.64. The molecule has 1 aromatic carbocycles. The van der Waals surface area contributed by atoms with Crippen LogP contribution in [-0.2, 0) is 24.1 Å². The number of benzene rings is 1. The maximum absolute atomic E-state index is 12.8. The molecule has 0 radical (unpaired) electrons. The maximum Gasteiger partial charge on any atom is 0.414 e. The number of pyridine rings is 1. The van der Waals surface area contributed by atoms with Crippen molar-refractivity contribution in [1.29, 1.82) is 0 Å². The number of nitrogens with zero attached hydrogens (tertiary/aromatic N) is 6. The van der Waals surface area contributed by atoms with Gasteiger partial charge in [0.05, 0.1) is 18.4 Å². The zero-order valence-corrected chi connectivity index (χ0v) is 19.6. The summed E-state index contributed by atoms with van der Waals surface area (Å²) in [5, 5.41) is 15.2. The number of amides is 1. The highest BCUT2D eigenvalue weighted by molar-refractivity contribution is 5.89. The number of rotatable bonds is 4. The standard InChI is InChI=1S/C24H28N8O2/c1-24(2,3)34-23(33)32-8-4-5-17-7-6-15(10-19(17)32)13-31-14-16(12-26-31)9-18-11-20(25)27-22-21(18)28-30-29-22/h6-7,10-12,14H,4-5,8-9,13H2,1-3H3,(H3,25,27,28,29,30). The lowest BCUT2D eigenvalue weighted by Crippen LogP contribution is -2.39. The molecule has 1 aliphatic rings. The summed E-state index contributed by atoms with van der Waals surface area (Å²) in [7, 11) is 0. The Labute approximate surface area is 197 Å². The molecule has 4 heterocycles. The molecule has 4 aromatic rings. The quantitative estimate of drug-likeness (QED) is 0.477. The molecule has 0 fully saturated rings. The molecule has 1 aliphatic heterocycles. The first kappa shape index (κ1) is 21.9. The van der Waals surface area contributed by atoms with E-state index < -0.39 is 5.60 Å². The number of hydrogen-bond acceptors (Lipinski definition) is 7. The van der Waals surface area contributed by atoms with Gasteiger partial charge in [0, 0.05) is 19.2 Å². The van der Waals surface area contributed by atoms with Gasteiger partial charge in [0.1, 0.15) is 16.9 Å². The van der Waals surface area contributed by atoms with Gasteiger partial charge in [0.2, 0.25) is 0 Å². The van der Waals surface area contributed by atoms with Crippen molar-refractivity contribution >= 4 is 28.8 Å². The molecule has 5 rings (SSSR count). The maximum atomic E-state index is 12.8. The minimum absolute atomic E-state index is 0.303. The molecule has 3 aromatic heterocycles. The van der Waals surface area contributed by atoms with Crippen LogP contribution in [0.5, 0.6) is 0 Å². The number of aromatic amines is 1. The average Bonchev–Trinajstić information content (AvgIpc) is 3.41. The van der Waals surface area contributed by atoms with E-state index >= 15 is 0 Å². The molecule has 0 spiro atoms. The predicted octanol–water partition coefficient (Wildman–Crippen LogP) is 3.46. The molecule has 34 heavy (non-hydrogen) atoms. The minimum Gasteiger partial charge on any atom is -0.443 e. The first-order valence-corrected chi connectivity index (χ1v) is 11.3. The summed E-state index contributed by atoms with van der Waals surface area (Å²) in [6.07, 6.45) is 6.04. The fourth-order valence-electron chi connectivity index (χ4n) is 4.28. The summed E-state index contributed by atoms with van der Waals surface area (Å²) >= 11 is 0. The topological polar surface area (TPSA) is 128 Å². The summed E-state index contributed by atoms with van der Waals surface area (Å²) in [6.45, 7) is 6.90. The zero-order valence-electron chi connectivity index (χ0n) is 19.6. The van der Waals surface area contributed by atoms with Crippen LogP contribution < -0.4 is 10.6 Å². The van der Waals surface area contributed by atoms with Crippen LogP contribution >= 0.6 is 0 Å². The Hall–Kier alpha value is -3.95. The molecular formula is C24H28N8O2. The third-order valence-electron chi connectivity index (χ3n) is 5.71. The van der Waals surface area contributed by atoms with Gasteiger partial charge in [0.15, 0.2) is 5.65 Å². The zero-order chi connectivity index (χ0) is 23.9. The molecule has 0 saturated heterocycles. The number of carbonyl (C=O) groups excluding carboxylic acids is 1. The van der Waals surface area contributed by atoms with Crippen LogP contribution in [0.15, 0.2) is 36.7 Å². The number of nitrogens with two attached hydrogens (primary N) is 1. The minimum atomic E-state index is -0.533. The van der Waals surface area contributed by atoms with Gasteiger partial charge >= 0.3 is 6.09 Å². The van der Waals surface area contributed by atoms with Crippen molar-refractivity contribution in [2.24, 2.45) is 0 Å². The van der Waals surface area contributed by atoms with Crippen molar-refractivity contribution in [3.8, 4) is 0 Å². The number of carbonyl (C=O) groups is 1. The SMILES string of the molecule is CC(C)(C)OC(=O)N1CCCc2ccc(Cn3cc(Cc4cc(N)nc5[nH]nnc45)cn3)cc21. The molecule has 0 atom stereocenters. The Morgan fingerprint density at radius 1 is 1.24 bits per heavy atom. The molecule has 0 bridgehead atoms. The van der Waals surface area contributed by atoms with Crippen LogP contribution in [0.1, 0.15) is 49.4 Å². The van der Waals surface area contributed by atoms with Crippen LogP contribution in [0.25, 0.3) is 11.2 Å². The number of ether oxygens (including phenoxy) is 1. The number of aromatic nitrogens is 6. The highest BCUT2D eigenvalue weighted by atomic mass is 16.6. The van der Waals surface area contributed by atoms with Gasteiger partial charge in [-0.2, -0.15) is 5.10 Å². The molecule has 10 nitrogen and oxygen atoms in total. The fourth-order valence-corrected chi connectivity index (χ4v) is 4.28. The molecular weight excluding hydrogens is 432 g/mol. The Morgan fingerprint density at radius 2 is 2.09 bits per heavy atom. The lowest BCUT2D eigenvalue weighted by Gasteiger charge is -2.32. The summed E-state index contributed by atoms with van der Waals surface area (Å²) in [6, 6.07) is 8.09. The van der Waals surface area contributed by atoms with Crippen LogP contribution in [0.2, 0.25) is 0 Å². The fraction of sp³-hybridized carbons (Fsp3) is 0.375. The van der Waals surface area contributed by atoms with E-state index in [4.69, 9.17) is 10.5 Å². The van der Waals surface area contributed by atoms with Crippen LogP contribution in [0, 0.1) is 0 Å². The second kappa shape index (κ2) is 8.44. The van der Waals surface area contributed by atoms with Gasteiger partial charge in [0.25, 0.3) is 0 Å². The molecule has 3 N–H and O–H groups in total. The Balaban J connectivity index is 1.34. The summed E-state index contributed by atoms with van der Waals surface area (Å²) in [5.74, 6) is 0.421. The lowest BCUT2D eigenvalue weighted by atomic mass is 10.00. The molecule has 176 valence electrons. The van der Waals surface area contributed by atoms with Crippen molar-refractivity contribution in [3.63, 3.8) is 0 Å². The summed E-state index contributed by atoms with van der Waals surface area (Å²) in [4.78, 5) is 18.7. The van der Waals surface area contributed by atoms with E-state index in [0.29, 0.717) is 36.5 Å². The number of nitrogens with one attached hydrogen (secondary N) is 1. The van der Waals surface area contributed by atoms with Gasteiger partial charge in [-0.15, -0.1) is 5.10 Å². The summed E-state index contributed by atoms with van der Waals surface area (Å²) in [5.41, 5.74) is 11.8. The Morgan fingerprint density at radius 3 is 2.91 bits per heavy atom. The van der Waals surface area contributed by atoms with E-state index in [-0.39, 0.29) is 6.09 Å². The van der Waals surface area contributed by atoms with Crippen LogP contribution in [0.3, 0.4) is 0 Å². The lowest BCUT2D eigenvalue weighted by molar-refractivity contribution is 0.0578. The highest BCUT2D eigenvalue weighted by Crippen LogP contribution is 2.30. The van der Waals surface area contributed by atoms with Crippen LogP contribution in [0.4, 0.5) is 16.3 Å².